The summed E-state index contributed by atoms with van der Waals surface area (Å²) in [6.07, 6.45) is 4.57. The summed E-state index contributed by atoms with van der Waals surface area (Å²) in [4.78, 5) is 36.9. The van der Waals surface area contributed by atoms with E-state index in [1.54, 1.807) is 20.2 Å². The molecule has 7 nitrogen and oxygen atoms in total. The number of benzene rings is 2. The maximum absolute atomic E-state index is 13.2. The fraction of sp³-hybridized carbons (Fsp3) is 0.308. The lowest BCUT2D eigenvalue weighted by Crippen LogP contribution is -2.40. The van der Waals surface area contributed by atoms with Gasteiger partial charge in [0.25, 0.3) is 5.91 Å². The van der Waals surface area contributed by atoms with Crippen LogP contribution in [0.5, 0.6) is 5.75 Å². The number of para-hydroxylation sites is 2. The lowest BCUT2D eigenvalue weighted by molar-refractivity contribution is -0.134. The smallest absolute Gasteiger partial charge is 0.259 e. The van der Waals surface area contributed by atoms with Crippen molar-refractivity contribution in [2.45, 2.75) is 38.6 Å². The third kappa shape index (κ3) is 5.19. The average molecular weight is 445 g/mol. The molecule has 7 heteroatoms. The molecule has 0 bridgehead atoms. The van der Waals surface area contributed by atoms with Crippen molar-refractivity contribution in [2.75, 3.05) is 19.0 Å². The van der Waals surface area contributed by atoms with Crippen LogP contribution >= 0.6 is 0 Å². The summed E-state index contributed by atoms with van der Waals surface area (Å²) < 4.78 is 5.41. The Balaban J connectivity index is 1.52. The van der Waals surface area contributed by atoms with Gasteiger partial charge in [0.1, 0.15) is 5.75 Å². The van der Waals surface area contributed by atoms with Crippen LogP contribution in [0.25, 0.3) is 0 Å². The van der Waals surface area contributed by atoms with Gasteiger partial charge in [-0.05, 0) is 44.4 Å². The first-order chi connectivity index (χ1) is 16.1. The van der Waals surface area contributed by atoms with Crippen molar-refractivity contribution in [3.8, 4) is 5.75 Å². The predicted molar refractivity (Wildman–Crippen MR) is 126 cm³/mol. The third-order valence-corrected chi connectivity index (χ3v) is 5.93. The molecule has 33 heavy (non-hydrogen) atoms. The summed E-state index contributed by atoms with van der Waals surface area (Å²) in [5, 5.41) is 2.87. The lowest BCUT2D eigenvalue weighted by Gasteiger charge is -2.35. The second-order valence-corrected chi connectivity index (χ2v) is 8.13. The molecule has 0 radical (unpaired) electrons. The zero-order valence-electron chi connectivity index (χ0n) is 19.0. The van der Waals surface area contributed by atoms with E-state index in [-0.39, 0.29) is 24.3 Å². The van der Waals surface area contributed by atoms with Gasteiger partial charge in [-0.2, -0.15) is 0 Å². The molecule has 170 valence electrons. The maximum Gasteiger partial charge on any atom is 0.259 e. The van der Waals surface area contributed by atoms with Gasteiger partial charge in [0, 0.05) is 24.0 Å². The van der Waals surface area contributed by atoms with Crippen molar-refractivity contribution in [1.29, 1.82) is 0 Å². The Morgan fingerprint density at radius 1 is 1.09 bits per heavy atom. The Labute approximate surface area is 193 Å². The van der Waals surface area contributed by atoms with Crippen molar-refractivity contribution >= 4 is 17.5 Å². The zero-order valence-corrected chi connectivity index (χ0v) is 19.0. The van der Waals surface area contributed by atoms with Crippen LogP contribution in [0.15, 0.2) is 60.8 Å². The molecular formula is C26H28N4O3. The zero-order chi connectivity index (χ0) is 23.2. The first-order valence-corrected chi connectivity index (χ1v) is 11.2. The van der Waals surface area contributed by atoms with Gasteiger partial charge in [0.2, 0.25) is 5.91 Å². The van der Waals surface area contributed by atoms with Crippen molar-refractivity contribution in [3.63, 3.8) is 0 Å². The van der Waals surface area contributed by atoms with Gasteiger partial charge in [-0.3, -0.25) is 9.59 Å². The predicted octanol–water partition coefficient (Wildman–Crippen LogP) is 4.34. The van der Waals surface area contributed by atoms with Crippen LogP contribution in [0.4, 0.5) is 5.69 Å². The van der Waals surface area contributed by atoms with Crippen LogP contribution in [-0.4, -0.2) is 40.3 Å². The molecule has 2 amide bonds. The fourth-order valence-electron chi connectivity index (χ4n) is 4.20. The number of carbonyl (C=O) groups excluding carboxylic acids is 2. The van der Waals surface area contributed by atoms with Crippen LogP contribution < -0.4 is 10.1 Å². The third-order valence-electron chi connectivity index (χ3n) is 5.93. The lowest BCUT2D eigenvalue weighted by atomic mass is 9.99. The number of aromatic nitrogens is 2. The van der Waals surface area contributed by atoms with E-state index in [1.165, 1.54) is 0 Å². The van der Waals surface area contributed by atoms with E-state index in [2.05, 4.69) is 15.3 Å². The molecule has 1 N–H and O–H groups in total. The molecule has 1 atom stereocenters. The number of piperidine rings is 1. The molecule has 1 aliphatic heterocycles. The van der Waals surface area contributed by atoms with Crippen molar-refractivity contribution in [3.05, 3.63) is 83.4 Å². The van der Waals surface area contributed by atoms with E-state index in [4.69, 9.17) is 4.74 Å². The molecule has 1 saturated heterocycles. The number of hydrogen-bond acceptors (Lipinski definition) is 5. The topological polar surface area (TPSA) is 84.4 Å². The molecule has 3 aromatic rings. The van der Waals surface area contributed by atoms with Gasteiger partial charge in [0.15, 0.2) is 5.82 Å². The Kier molecular flexibility index (Phi) is 6.98. The van der Waals surface area contributed by atoms with Gasteiger partial charge in [-0.25, -0.2) is 9.97 Å². The van der Waals surface area contributed by atoms with E-state index in [0.717, 1.165) is 24.8 Å². The molecule has 0 spiro atoms. The first-order valence-electron chi connectivity index (χ1n) is 11.2. The van der Waals surface area contributed by atoms with Crippen LogP contribution in [0.3, 0.4) is 0 Å². The van der Waals surface area contributed by atoms with E-state index in [9.17, 15) is 9.59 Å². The van der Waals surface area contributed by atoms with Gasteiger partial charge in [0.05, 0.1) is 30.8 Å². The average Bonchev–Trinajstić information content (AvgIpc) is 2.85. The van der Waals surface area contributed by atoms with Crippen LogP contribution in [-0.2, 0) is 11.2 Å². The van der Waals surface area contributed by atoms with E-state index in [0.29, 0.717) is 35.1 Å². The number of aryl methyl sites for hydroxylation is 1. The molecule has 0 saturated carbocycles. The minimum atomic E-state index is -0.252. The second-order valence-electron chi connectivity index (χ2n) is 8.13. The molecule has 0 unspecified atom stereocenters. The summed E-state index contributed by atoms with van der Waals surface area (Å²) in [7, 11) is 1.61. The number of rotatable bonds is 6. The Morgan fingerprint density at radius 3 is 2.61 bits per heavy atom. The second kappa shape index (κ2) is 10.3. The first kappa shape index (κ1) is 22.5. The summed E-state index contributed by atoms with van der Waals surface area (Å²) in [5.41, 5.74) is 2.59. The molecule has 2 heterocycles. The number of likely N-dealkylation sites (tertiary alicyclic amines) is 1. The molecule has 1 aliphatic rings. The normalized spacial score (nSPS) is 15.7. The molecule has 0 aliphatic carbocycles. The quantitative estimate of drug-likeness (QED) is 0.611. The highest BCUT2D eigenvalue weighted by Crippen LogP contribution is 2.30. The highest BCUT2D eigenvalue weighted by Gasteiger charge is 2.31. The molecule has 4 rings (SSSR count). The molecule has 2 aromatic carbocycles. The van der Waals surface area contributed by atoms with Gasteiger partial charge < -0.3 is 15.0 Å². The SMILES string of the molecule is COc1ccccc1CC(=O)N1CCCC[C@@H]1c1ncc(C(=O)Nc2ccccc2)c(C)n1. The summed E-state index contributed by atoms with van der Waals surface area (Å²) in [6, 6.07) is 16.6. The molecule has 1 fully saturated rings. The minimum absolute atomic E-state index is 0.0244. The number of nitrogens with one attached hydrogen (secondary N) is 1. The Hall–Kier alpha value is -3.74. The Morgan fingerprint density at radius 2 is 1.85 bits per heavy atom. The van der Waals surface area contributed by atoms with Crippen molar-refractivity contribution in [1.82, 2.24) is 14.9 Å². The molecule has 1 aromatic heterocycles. The summed E-state index contributed by atoms with van der Waals surface area (Å²) in [5.74, 6) is 1.06. The van der Waals surface area contributed by atoms with Crippen molar-refractivity contribution < 1.29 is 14.3 Å². The number of amides is 2. The van der Waals surface area contributed by atoms with E-state index in [1.807, 2.05) is 59.5 Å². The highest BCUT2D eigenvalue weighted by molar-refractivity contribution is 6.04. The van der Waals surface area contributed by atoms with Crippen LogP contribution in [0.2, 0.25) is 0 Å². The minimum Gasteiger partial charge on any atom is -0.496 e. The Bertz CT molecular complexity index is 1130. The standard InChI is InChI=1S/C26H28N4O3/c1-18-21(26(32)29-20-11-4-3-5-12-20)17-27-25(28-18)22-13-8-9-15-30(22)24(31)16-19-10-6-7-14-23(19)33-2/h3-7,10-12,14,17,22H,8-9,13,15-16H2,1-2H3,(H,29,32)/t22-/m1/s1. The van der Waals surface area contributed by atoms with Crippen LogP contribution in [0.1, 0.15) is 52.7 Å². The summed E-state index contributed by atoms with van der Waals surface area (Å²) >= 11 is 0. The monoisotopic (exact) mass is 444 g/mol. The molecular weight excluding hydrogens is 416 g/mol. The number of ether oxygens (including phenoxy) is 1. The largest absolute Gasteiger partial charge is 0.496 e. The number of nitrogens with zero attached hydrogens (tertiary/aromatic N) is 3. The van der Waals surface area contributed by atoms with E-state index >= 15 is 0 Å². The summed E-state index contributed by atoms with van der Waals surface area (Å²) in [6.45, 7) is 2.46. The maximum atomic E-state index is 13.2. The number of carbonyl (C=O) groups is 2. The van der Waals surface area contributed by atoms with Gasteiger partial charge in [-0.15, -0.1) is 0 Å². The van der Waals surface area contributed by atoms with E-state index < -0.39 is 0 Å². The number of hydrogen-bond donors (Lipinski definition) is 1. The highest BCUT2D eigenvalue weighted by atomic mass is 16.5. The van der Waals surface area contributed by atoms with Crippen LogP contribution in [0, 0.1) is 6.92 Å². The van der Waals surface area contributed by atoms with Crippen molar-refractivity contribution in [2.24, 2.45) is 0 Å². The van der Waals surface area contributed by atoms with Gasteiger partial charge in [-0.1, -0.05) is 36.4 Å². The fourth-order valence-corrected chi connectivity index (χ4v) is 4.20. The number of methoxy groups -OCH3 is 1. The van der Waals surface area contributed by atoms with Gasteiger partial charge >= 0.3 is 0 Å². The number of anilines is 1.